The second kappa shape index (κ2) is 16.0. The first-order chi connectivity index (χ1) is 17.5. The lowest BCUT2D eigenvalue weighted by Gasteiger charge is -2.27. The van der Waals surface area contributed by atoms with Crippen LogP contribution in [0.1, 0.15) is 57.9 Å². The monoisotopic (exact) mass is 525 g/mol. The minimum Gasteiger partial charge on any atom is -0.481 e. The van der Waals surface area contributed by atoms with Crippen molar-refractivity contribution in [1.29, 1.82) is 0 Å². The number of hydrogen-bond donors (Lipinski definition) is 4. The van der Waals surface area contributed by atoms with Crippen LogP contribution in [0.3, 0.4) is 0 Å². The summed E-state index contributed by atoms with van der Waals surface area (Å²) in [6, 6.07) is 10.1. The van der Waals surface area contributed by atoms with Gasteiger partial charge in [0.2, 0.25) is 0 Å². The van der Waals surface area contributed by atoms with Crippen LogP contribution >= 0.6 is 0 Å². The molecule has 0 atom stereocenters. The summed E-state index contributed by atoms with van der Waals surface area (Å²) in [5.41, 5.74) is -2.09. The van der Waals surface area contributed by atoms with E-state index in [4.69, 9.17) is 29.9 Å². The number of carboxylic acids is 3. The van der Waals surface area contributed by atoms with Gasteiger partial charge in [0.25, 0.3) is 0 Å². The Morgan fingerprint density at radius 3 is 1.89 bits per heavy atom. The fourth-order valence-electron chi connectivity index (χ4n) is 4.23. The SMILES string of the molecule is CCN(CC)CCOCCOC(=O)C1(c2ccccc2)CCCC1.O=C(O)CC(O)(CC(=O)O)C(=O)O. The Morgan fingerprint density at radius 2 is 1.43 bits per heavy atom. The van der Waals surface area contributed by atoms with E-state index < -0.39 is 41.8 Å². The topological polar surface area (TPSA) is 171 Å². The molecule has 4 N–H and O–H groups in total. The fourth-order valence-corrected chi connectivity index (χ4v) is 4.23. The maximum Gasteiger partial charge on any atom is 0.336 e. The van der Waals surface area contributed by atoms with Gasteiger partial charge in [-0.15, -0.1) is 0 Å². The van der Waals surface area contributed by atoms with Gasteiger partial charge in [-0.05, 0) is 31.5 Å². The Bertz CT molecular complexity index is 847. The molecule has 11 heteroatoms. The number of esters is 1. The number of benzene rings is 1. The Balaban J connectivity index is 0.000000448. The molecule has 208 valence electrons. The standard InChI is InChI=1S/C20H31NO3.C6H8O7/c1-3-21(4-2)14-15-23-16-17-24-19(22)20(12-8-9-13-20)18-10-6-5-7-11-18;7-3(8)1-6(13,5(11)12)2-4(9)10/h5-7,10-11H,3-4,8-9,12-17H2,1-2H3;13H,1-2H2,(H,7,8)(H,9,10)(H,11,12). The first-order valence-electron chi connectivity index (χ1n) is 12.4. The molecule has 0 spiro atoms. The van der Waals surface area contributed by atoms with E-state index in [0.717, 1.165) is 50.9 Å². The summed E-state index contributed by atoms with van der Waals surface area (Å²) in [4.78, 5) is 45.5. The summed E-state index contributed by atoms with van der Waals surface area (Å²) in [6.45, 7) is 8.79. The van der Waals surface area contributed by atoms with Gasteiger partial charge in [0.1, 0.15) is 6.61 Å². The van der Waals surface area contributed by atoms with Crippen molar-refractivity contribution < 1.29 is 49.1 Å². The van der Waals surface area contributed by atoms with Crippen LogP contribution in [0, 0.1) is 0 Å². The van der Waals surface area contributed by atoms with Gasteiger partial charge in [0, 0.05) is 6.54 Å². The van der Waals surface area contributed by atoms with Crippen molar-refractivity contribution in [2.75, 3.05) is 39.5 Å². The first-order valence-corrected chi connectivity index (χ1v) is 12.4. The molecule has 0 radical (unpaired) electrons. The van der Waals surface area contributed by atoms with Crippen molar-refractivity contribution in [3.05, 3.63) is 35.9 Å². The number of hydrogen-bond acceptors (Lipinski definition) is 8. The third kappa shape index (κ3) is 10.5. The lowest BCUT2D eigenvalue weighted by Crippen LogP contribution is -2.42. The molecule has 1 aromatic carbocycles. The van der Waals surface area contributed by atoms with Crippen LogP contribution in [-0.4, -0.2) is 94.3 Å². The normalized spacial score (nSPS) is 14.5. The highest BCUT2D eigenvalue weighted by molar-refractivity contribution is 5.88. The van der Waals surface area contributed by atoms with E-state index in [1.165, 1.54) is 0 Å². The van der Waals surface area contributed by atoms with E-state index in [-0.39, 0.29) is 5.97 Å². The molecular formula is C26H39NO10. The van der Waals surface area contributed by atoms with E-state index in [1.807, 2.05) is 30.3 Å². The van der Waals surface area contributed by atoms with Crippen LogP contribution < -0.4 is 0 Å². The van der Waals surface area contributed by atoms with Crippen LogP contribution in [0.15, 0.2) is 30.3 Å². The van der Waals surface area contributed by atoms with Crippen molar-refractivity contribution in [2.45, 2.75) is 63.4 Å². The number of aliphatic carboxylic acids is 3. The average molecular weight is 526 g/mol. The van der Waals surface area contributed by atoms with E-state index in [9.17, 15) is 19.2 Å². The summed E-state index contributed by atoms with van der Waals surface area (Å²) in [7, 11) is 0. The predicted octanol–water partition coefficient (Wildman–Crippen LogP) is 2.15. The van der Waals surface area contributed by atoms with Gasteiger partial charge >= 0.3 is 23.9 Å². The zero-order chi connectivity index (χ0) is 27.9. The fraction of sp³-hybridized carbons (Fsp3) is 0.615. The quantitative estimate of drug-likeness (QED) is 0.195. The first kappa shape index (κ1) is 32.0. The molecule has 0 bridgehead atoms. The van der Waals surface area contributed by atoms with Crippen LogP contribution in [0.5, 0.6) is 0 Å². The van der Waals surface area contributed by atoms with Gasteiger partial charge in [-0.3, -0.25) is 14.4 Å². The predicted molar refractivity (Wildman–Crippen MR) is 133 cm³/mol. The smallest absolute Gasteiger partial charge is 0.336 e. The number of likely N-dealkylation sites (N-methyl/N-ethyl adjacent to an activating group) is 1. The second-order valence-electron chi connectivity index (χ2n) is 8.91. The molecule has 1 aliphatic carbocycles. The summed E-state index contributed by atoms with van der Waals surface area (Å²) >= 11 is 0. The maximum atomic E-state index is 12.7. The van der Waals surface area contributed by atoms with E-state index in [2.05, 4.69) is 18.7 Å². The zero-order valence-corrected chi connectivity index (χ0v) is 21.6. The van der Waals surface area contributed by atoms with Crippen molar-refractivity contribution in [3.8, 4) is 0 Å². The van der Waals surface area contributed by atoms with E-state index >= 15 is 0 Å². The highest BCUT2D eigenvalue weighted by atomic mass is 16.6. The second-order valence-corrected chi connectivity index (χ2v) is 8.91. The minimum atomic E-state index is -2.74. The Morgan fingerprint density at radius 1 is 0.892 bits per heavy atom. The van der Waals surface area contributed by atoms with Crippen molar-refractivity contribution in [2.24, 2.45) is 0 Å². The number of ether oxygens (including phenoxy) is 2. The molecular weight excluding hydrogens is 486 g/mol. The molecule has 0 aliphatic heterocycles. The van der Waals surface area contributed by atoms with Crippen LogP contribution in [0.25, 0.3) is 0 Å². The Kier molecular flexibility index (Phi) is 13.8. The molecule has 0 unspecified atom stereocenters. The molecule has 0 saturated heterocycles. The summed E-state index contributed by atoms with van der Waals surface area (Å²) in [5.74, 6) is -5.10. The minimum absolute atomic E-state index is 0.0847. The molecule has 0 aromatic heterocycles. The lowest BCUT2D eigenvalue weighted by molar-refractivity contribution is -0.170. The third-order valence-electron chi connectivity index (χ3n) is 6.37. The number of carbonyl (C=O) groups is 4. The van der Waals surface area contributed by atoms with E-state index in [0.29, 0.717) is 19.8 Å². The lowest BCUT2D eigenvalue weighted by atomic mass is 9.79. The van der Waals surface area contributed by atoms with Crippen molar-refractivity contribution in [1.82, 2.24) is 4.90 Å². The van der Waals surface area contributed by atoms with Gasteiger partial charge in [-0.2, -0.15) is 0 Å². The Hall–Kier alpha value is -3.02. The Labute approximate surface area is 217 Å². The van der Waals surface area contributed by atoms with Crippen molar-refractivity contribution >= 4 is 23.9 Å². The summed E-state index contributed by atoms with van der Waals surface area (Å²) in [5, 5.41) is 33.8. The maximum absolute atomic E-state index is 12.7. The van der Waals surface area contributed by atoms with Gasteiger partial charge in [0.15, 0.2) is 5.60 Å². The molecule has 2 rings (SSSR count). The molecule has 1 saturated carbocycles. The summed E-state index contributed by atoms with van der Waals surface area (Å²) < 4.78 is 11.2. The average Bonchev–Trinajstić information content (AvgIpc) is 3.35. The zero-order valence-electron chi connectivity index (χ0n) is 21.6. The molecule has 11 nitrogen and oxygen atoms in total. The largest absolute Gasteiger partial charge is 0.481 e. The van der Waals surface area contributed by atoms with Crippen LogP contribution in [0.4, 0.5) is 0 Å². The van der Waals surface area contributed by atoms with Gasteiger partial charge in [-0.25, -0.2) is 4.79 Å². The highest BCUT2D eigenvalue weighted by Crippen LogP contribution is 2.42. The third-order valence-corrected chi connectivity index (χ3v) is 6.37. The molecule has 1 aliphatic rings. The summed E-state index contributed by atoms with van der Waals surface area (Å²) in [6.07, 6.45) is 1.66. The van der Waals surface area contributed by atoms with Crippen molar-refractivity contribution in [3.63, 3.8) is 0 Å². The molecule has 1 fully saturated rings. The number of carboxylic acid groups (broad SMARTS) is 3. The molecule has 0 amide bonds. The van der Waals surface area contributed by atoms with Gasteiger partial charge < -0.3 is 34.8 Å². The molecule has 0 heterocycles. The number of aliphatic hydroxyl groups is 1. The molecule has 37 heavy (non-hydrogen) atoms. The number of carbonyl (C=O) groups excluding carboxylic acids is 1. The van der Waals surface area contributed by atoms with Gasteiger partial charge in [0.05, 0.1) is 31.5 Å². The van der Waals surface area contributed by atoms with Crippen LogP contribution in [0.2, 0.25) is 0 Å². The van der Waals surface area contributed by atoms with Crippen LogP contribution in [-0.2, 0) is 34.1 Å². The highest BCUT2D eigenvalue weighted by Gasteiger charge is 2.44. The number of nitrogens with zero attached hydrogens (tertiary/aromatic N) is 1. The molecule has 1 aromatic rings. The number of rotatable bonds is 15. The van der Waals surface area contributed by atoms with Gasteiger partial charge in [-0.1, -0.05) is 57.0 Å². The van der Waals surface area contributed by atoms with E-state index in [1.54, 1.807) is 0 Å².